The molecule has 21 heavy (non-hydrogen) atoms. The summed E-state index contributed by atoms with van der Waals surface area (Å²) in [5, 5.41) is 2.59. The van der Waals surface area contributed by atoms with Crippen molar-refractivity contribution in [3.8, 4) is 0 Å². The van der Waals surface area contributed by atoms with Crippen LogP contribution in [0.1, 0.15) is 18.4 Å². The van der Waals surface area contributed by atoms with Gasteiger partial charge in [0.15, 0.2) is 5.11 Å². The summed E-state index contributed by atoms with van der Waals surface area (Å²) in [6, 6.07) is 3.55. The van der Waals surface area contributed by atoms with E-state index >= 15 is 0 Å². The number of rotatable bonds is 2. The molecule has 0 radical (unpaired) electrons. The highest BCUT2D eigenvalue weighted by Crippen LogP contribution is 2.22. The van der Waals surface area contributed by atoms with Gasteiger partial charge in [-0.15, -0.1) is 0 Å². The Morgan fingerprint density at radius 1 is 1.57 bits per heavy atom. The summed E-state index contributed by atoms with van der Waals surface area (Å²) in [7, 11) is 0. The third-order valence-electron chi connectivity index (χ3n) is 3.31. The minimum atomic E-state index is -0.534. The fourth-order valence-electron chi connectivity index (χ4n) is 2.31. The average molecular weight is 303 g/mol. The number of hydrogen-bond acceptors (Lipinski definition) is 5. The Labute approximate surface area is 126 Å². The number of hydrogen-bond donors (Lipinski definition) is 1. The Balaban J connectivity index is 1.92. The molecule has 1 atom stereocenters. The molecule has 2 aliphatic heterocycles. The first kappa shape index (κ1) is 13.8. The zero-order valence-electron chi connectivity index (χ0n) is 11.1. The van der Waals surface area contributed by atoms with E-state index in [-0.39, 0.29) is 16.7 Å². The van der Waals surface area contributed by atoms with Crippen LogP contribution in [0, 0.1) is 0 Å². The van der Waals surface area contributed by atoms with Crippen LogP contribution in [0.5, 0.6) is 0 Å². The van der Waals surface area contributed by atoms with Gasteiger partial charge in [0.2, 0.25) is 0 Å². The van der Waals surface area contributed by atoms with Crippen LogP contribution in [-0.2, 0) is 14.3 Å². The van der Waals surface area contributed by atoms with E-state index in [1.54, 1.807) is 30.6 Å². The quantitative estimate of drug-likeness (QED) is 0.648. The van der Waals surface area contributed by atoms with Gasteiger partial charge in [0.05, 0.1) is 0 Å². The lowest BCUT2D eigenvalue weighted by molar-refractivity contribution is -0.135. The van der Waals surface area contributed by atoms with Crippen LogP contribution in [-0.4, -0.2) is 39.5 Å². The van der Waals surface area contributed by atoms with Crippen LogP contribution in [0.25, 0.3) is 6.08 Å². The highest BCUT2D eigenvalue weighted by atomic mass is 32.1. The van der Waals surface area contributed by atoms with Gasteiger partial charge in [-0.25, -0.2) is 4.90 Å². The Bertz CT molecular complexity index is 624. The van der Waals surface area contributed by atoms with E-state index in [1.807, 2.05) is 0 Å². The average Bonchev–Trinajstić information content (AvgIpc) is 3.09. The van der Waals surface area contributed by atoms with Crippen LogP contribution in [0.4, 0.5) is 0 Å². The predicted molar refractivity (Wildman–Crippen MR) is 78.8 cm³/mol. The lowest BCUT2D eigenvalue weighted by Crippen LogP contribution is -2.40. The van der Waals surface area contributed by atoms with Gasteiger partial charge in [-0.2, -0.15) is 0 Å². The molecule has 2 aliphatic rings. The Morgan fingerprint density at radius 3 is 3.10 bits per heavy atom. The summed E-state index contributed by atoms with van der Waals surface area (Å²) in [6.45, 7) is 0.556. The molecule has 0 spiro atoms. The van der Waals surface area contributed by atoms with Gasteiger partial charge in [0, 0.05) is 19.0 Å². The maximum Gasteiger partial charge on any atom is 0.274 e. The van der Waals surface area contributed by atoms with Crippen LogP contribution in [0.15, 0.2) is 30.2 Å². The first-order valence-corrected chi connectivity index (χ1v) is 7.00. The number of nitrogens with one attached hydrogen (secondary N) is 1. The molecule has 0 unspecified atom stereocenters. The molecule has 1 aromatic rings. The fraction of sp³-hybridized carbons (Fsp3) is 0.286. The minimum Gasteiger partial charge on any atom is -0.368 e. The topological polar surface area (TPSA) is 71.5 Å². The van der Waals surface area contributed by atoms with Crippen molar-refractivity contribution in [1.29, 1.82) is 0 Å². The van der Waals surface area contributed by atoms with Crippen LogP contribution < -0.4 is 5.32 Å². The summed E-state index contributed by atoms with van der Waals surface area (Å²) >= 11 is 5.08. The van der Waals surface area contributed by atoms with Crippen molar-refractivity contribution in [1.82, 2.24) is 15.2 Å². The van der Waals surface area contributed by atoms with E-state index in [4.69, 9.17) is 17.0 Å². The predicted octanol–water partition coefficient (Wildman–Crippen LogP) is 0.845. The molecule has 2 amide bonds. The van der Waals surface area contributed by atoms with Gasteiger partial charge in [0.1, 0.15) is 11.8 Å². The molecule has 3 rings (SSSR count). The van der Waals surface area contributed by atoms with E-state index in [2.05, 4.69) is 10.3 Å². The van der Waals surface area contributed by atoms with Crippen molar-refractivity contribution in [2.45, 2.75) is 18.9 Å². The highest BCUT2D eigenvalue weighted by Gasteiger charge is 2.39. The van der Waals surface area contributed by atoms with E-state index in [9.17, 15) is 9.59 Å². The number of amides is 2. The first-order chi connectivity index (χ1) is 10.2. The molecule has 6 nitrogen and oxygen atoms in total. The second kappa shape index (κ2) is 5.71. The van der Waals surface area contributed by atoms with Gasteiger partial charge in [0.25, 0.3) is 11.8 Å². The number of aromatic nitrogens is 1. The number of ether oxygens (including phenoxy) is 1. The zero-order chi connectivity index (χ0) is 14.8. The third-order valence-corrected chi connectivity index (χ3v) is 3.60. The molecule has 7 heteroatoms. The largest absolute Gasteiger partial charge is 0.368 e. The van der Waals surface area contributed by atoms with E-state index in [0.29, 0.717) is 13.0 Å². The fourth-order valence-corrected chi connectivity index (χ4v) is 2.59. The molecular weight excluding hydrogens is 290 g/mol. The summed E-state index contributed by atoms with van der Waals surface area (Å²) < 4.78 is 5.38. The van der Waals surface area contributed by atoms with Crippen LogP contribution in [0.2, 0.25) is 0 Å². The smallest absolute Gasteiger partial charge is 0.274 e. The zero-order valence-corrected chi connectivity index (χ0v) is 11.9. The highest BCUT2D eigenvalue weighted by molar-refractivity contribution is 7.80. The Kier molecular flexibility index (Phi) is 3.76. The van der Waals surface area contributed by atoms with E-state index in [1.165, 1.54) is 4.90 Å². The van der Waals surface area contributed by atoms with Gasteiger partial charge >= 0.3 is 0 Å². The number of nitrogens with zero attached hydrogens (tertiary/aromatic N) is 2. The van der Waals surface area contributed by atoms with E-state index < -0.39 is 12.0 Å². The van der Waals surface area contributed by atoms with Crippen LogP contribution in [0.3, 0.4) is 0 Å². The third kappa shape index (κ3) is 2.70. The molecule has 3 heterocycles. The van der Waals surface area contributed by atoms with Gasteiger partial charge in [-0.1, -0.05) is 6.07 Å². The Morgan fingerprint density at radius 2 is 2.43 bits per heavy atom. The number of carbonyl (C=O) groups is 2. The molecule has 1 N–H and O–H groups in total. The molecule has 1 aromatic heterocycles. The molecule has 0 saturated carbocycles. The van der Waals surface area contributed by atoms with Crippen molar-refractivity contribution in [3.05, 3.63) is 35.8 Å². The Hall–Kier alpha value is -2.12. The summed E-state index contributed by atoms with van der Waals surface area (Å²) in [4.78, 5) is 29.7. The molecule has 2 fully saturated rings. The van der Waals surface area contributed by atoms with Crippen LogP contribution >= 0.6 is 12.2 Å². The van der Waals surface area contributed by atoms with Gasteiger partial charge < -0.3 is 4.74 Å². The molecule has 0 bridgehead atoms. The second-order valence-corrected chi connectivity index (χ2v) is 5.14. The standard InChI is InChI=1S/C14H13N3O3S/c18-12-10(7-9-3-1-5-15-8-9)17(14(21)16-12)13(19)11-4-2-6-20-11/h1,3,5,7-8,11H,2,4,6H2,(H,16,18,21)/b10-7+/t11-/m0/s1. The molecule has 0 aromatic carbocycles. The maximum absolute atomic E-state index is 12.5. The monoisotopic (exact) mass is 303 g/mol. The molecular formula is C14H13N3O3S. The van der Waals surface area contributed by atoms with Crippen molar-refractivity contribution >= 4 is 35.2 Å². The first-order valence-electron chi connectivity index (χ1n) is 6.59. The van der Waals surface area contributed by atoms with Gasteiger partial charge in [-0.05, 0) is 42.8 Å². The lowest BCUT2D eigenvalue weighted by Gasteiger charge is -2.19. The van der Waals surface area contributed by atoms with Crippen molar-refractivity contribution in [3.63, 3.8) is 0 Å². The number of carbonyl (C=O) groups excluding carboxylic acids is 2. The van der Waals surface area contributed by atoms with Crippen molar-refractivity contribution in [2.75, 3.05) is 6.61 Å². The van der Waals surface area contributed by atoms with Gasteiger partial charge in [-0.3, -0.25) is 19.9 Å². The molecule has 2 saturated heterocycles. The second-order valence-electron chi connectivity index (χ2n) is 4.75. The number of pyridine rings is 1. The van der Waals surface area contributed by atoms with Crippen molar-refractivity contribution < 1.29 is 14.3 Å². The molecule has 108 valence electrons. The number of thiocarbonyl (C=S) groups is 1. The summed E-state index contributed by atoms with van der Waals surface area (Å²) in [6.07, 6.45) is 5.78. The normalized spacial score (nSPS) is 23.7. The SMILES string of the molecule is O=C1NC(=S)N(C(=O)[C@@H]2CCCO2)/C1=C/c1cccnc1. The maximum atomic E-state index is 12.5. The van der Waals surface area contributed by atoms with E-state index in [0.717, 1.165) is 12.0 Å². The summed E-state index contributed by atoms with van der Waals surface area (Å²) in [5.41, 5.74) is 0.922. The molecule has 0 aliphatic carbocycles. The summed E-state index contributed by atoms with van der Waals surface area (Å²) in [5.74, 6) is -0.693. The minimum absolute atomic E-state index is 0.0932. The van der Waals surface area contributed by atoms with Crippen molar-refractivity contribution in [2.24, 2.45) is 0 Å². The lowest BCUT2D eigenvalue weighted by atomic mass is 10.2.